The Bertz CT molecular complexity index is 86.9. The van der Waals surface area contributed by atoms with Gasteiger partial charge in [-0.05, 0) is 0 Å². The molecule has 0 aromatic carbocycles. The summed E-state index contributed by atoms with van der Waals surface area (Å²) in [5, 5.41) is 0. The third-order valence-electron chi connectivity index (χ3n) is 2.12. The van der Waals surface area contributed by atoms with E-state index in [9.17, 15) is 0 Å². The molecule has 1 radical (unpaired) electrons. The van der Waals surface area contributed by atoms with E-state index in [1.165, 1.54) is 25.4 Å². The van der Waals surface area contributed by atoms with Gasteiger partial charge >= 0.3 is 73.6 Å². The molecule has 0 aromatic heterocycles. The zero-order chi connectivity index (χ0) is 6.53. The molecule has 1 aliphatic rings. The van der Waals surface area contributed by atoms with Gasteiger partial charge in [0.05, 0.1) is 0 Å². The molecule has 0 N–H and O–H groups in total. The molecule has 0 nitrogen and oxygen atoms in total. The van der Waals surface area contributed by atoms with Gasteiger partial charge in [0.25, 0.3) is 0 Å². The predicted octanol–water partition coefficient (Wildman–Crippen LogP) is 2.15. The molecule has 0 unspecified atom stereocenters. The summed E-state index contributed by atoms with van der Waals surface area (Å²) in [6.07, 6.45) is 8.91. The van der Waals surface area contributed by atoms with Crippen molar-refractivity contribution in [2.45, 2.75) is 38.1 Å². The Morgan fingerprint density at radius 1 is 1.22 bits per heavy atom. The maximum absolute atomic E-state index is 1.76. The van der Waals surface area contributed by atoms with Crippen LogP contribution in [0.15, 0.2) is 0 Å². The van der Waals surface area contributed by atoms with Gasteiger partial charge in [0.15, 0.2) is 0 Å². The summed E-state index contributed by atoms with van der Waals surface area (Å²) in [6, 6.07) is 1.55. The van der Waals surface area contributed by atoms with Crippen LogP contribution in [0, 0.1) is 5.92 Å². The molecule has 0 amide bonds. The number of rotatable bonds is 2. The molecule has 0 atom stereocenters. The predicted molar refractivity (Wildman–Crippen MR) is 37.1 cm³/mol. The summed E-state index contributed by atoms with van der Waals surface area (Å²) in [7, 11) is 0. The topological polar surface area (TPSA) is 0 Å². The van der Waals surface area contributed by atoms with Crippen molar-refractivity contribution in [3.63, 3.8) is 0 Å². The fourth-order valence-corrected chi connectivity index (χ4v) is 4.36. The number of hydrogen-bond acceptors (Lipinski definition) is 0. The molecule has 1 rings (SSSR count). The van der Waals surface area contributed by atoms with Crippen molar-refractivity contribution in [2.75, 3.05) is 0 Å². The first kappa shape index (κ1) is 8.20. The van der Waals surface area contributed by atoms with E-state index in [1.54, 1.807) is 42.2 Å². The molecular weight excluding hydrogens is 203 g/mol. The van der Waals surface area contributed by atoms with Crippen LogP contribution in [0.25, 0.3) is 0 Å². The van der Waals surface area contributed by atoms with Crippen LogP contribution in [-0.2, 0) is 23.3 Å². The first-order chi connectivity index (χ1) is 4.43. The van der Waals surface area contributed by atoms with Crippen molar-refractivity contribution in [1.29, 1.82) is 0 Å². The molecule has 1 aliphatic carbocycles. The Hall–Kier alpha value is 1.10. The van der Waals surface area contributed by atoms with E-state index in [2.05, 4.69) is 0 Å². The van der Waals surface area contributed by atoms with Crippen LogP contribution in [0.5, 0.6) is 0 Å². The second kappa shape index (κ2) is 4.85. The summed E-state index contributed by atoms with van der Waals surface area (Å²) in [5.41, 5.74) is 0. The van der Waals surface area contributed by atoms with Crippen molar-refractivity contribution >= 4 is 6.16 Å². The molecular formula is C7H13SiZr+2. The third kappa shape index (κ3) is 3.13. The van der Waals surface area contributed by atoms with Crippen LogP contribution >= 0.6 is 0 Å². The average Bonchev–Trinajstić information content (AvgIpc) is 1.91. The molecule has 0 heterocycles. The Kier molecular flexibility index (Phi) is 4.41. The van der Waals surface area contributed by atoms with Gasteiger partial charge < -0.3 is 0 Å². The van der Waals surface area contributed by atoms with Gasteiger partial charge in [0.1, 0.15) is 0 Å². The van der Waals surface area contributed by atoms with Gasteiger partial charge in [-0.25, -0.2) is 0 Å². The first-order valence-electron chi connectivity index (χ1n) is 3.83. The van der Waals surface area contributed by atoms with Gasteiger partial charge in [-0.2, -0.15) is 0 Å². The van der Waals surface area contributed by atoms with Crippen molar-refractivity contribution in [3.05, 3.63) is 0 Å². The van der Waals surface area contributed by atoms with Gasteiger partial charge in [0.2, 0.25) is 0 Å². The van der Waals surface area contributed by atoms with Crippen LogP contribution in [0.4, 0.5) is 0 Å². The van der Waals surface area contributed by atoms with E-state index >= 15 is 0 Å². The van der Waals surface area contributed by atoms with E-state index < -0.39 is 0 Å². The zero-order valence-electron chi connectivity index (χ0n) is 5.82. The molecule has 1 saturated carbocycles. The second-order valence-electron chi connectivity index (χ2n) is 2.88. The molecule has 0 spiro atoms. The zero-order valence-corrected chi connectivity index (χ0v) is 9.28. The Morgan fingerprint density at radius 3 is 2.44 bits per heavy atom. The van der Waals surface area contributed by atoms with Gasteiger partial charge in [-0.1, -0.05) is 0 Å². The standard InChI is InChI=1S/C7H13Si.Zr/c8-6-7-4-2-1-3-5-7;/h7H,1-6H2;/q;+2. The van der Waals surface area contributed by atoms with E-state index in [4.69, 9.17) is 0 Å². The molecule has 1 fully saturated rings. The maximum atomic E-state index is 1.76. The normalized spacial score (nSPS) is 22.0. The quantitative estimate of drug-likeness (QED) is 0.621. The van der Waals surface area contributed by atoms with Crippen molar-refractivity contribution in [1.82, 2.24) is 0 Å². The van der Waals surface area contributed by atoms with Crippen LogP contribution < -0.4 is 0 Å². The Labute approximate surface area is 73.4 Å². The molecule has 0 aromatic rings. The SMILES string of the molecule is [Zr+2]=[Si]CC1CCCCC1. The van der Waals surface area contributed by atoms with E-state index in [0.717, 1.165) is 5.92 Å². The van der Waals surface area contributed by atoms with Crippen molar-refractivity contribution in [2.24, 2.45) is 5.92 Å². The summed E-state index contributed by atoms with van der Waals surface area (Å²) in [4.78, 5) is 0. The van der Waals surface area contributed by atoms with Crippen LogP contribution in [0.2, 0.25) is 6.04 Å². The van der Waals surface area contributed by atoms with E-state index in [0.29, 0.717) is 0 Å². The van der Waals surface area contributed by atoms with Crippen molar-refractivity contribution < 1.29 is 23.3 Å². The molecule has 9 heavy (non-hydrogen) atoms. The molecule has 0 bridgehead atoms. The molecule has 0 saturated heterocycles. The summed E-state index contributed by atoms with van der Waals surface area (Å²) < 4.78 is 0. The first-order valence-corrected chi connectivity index (χ1v) is 8.72. The molecule has 2 heteroatoms. The monoisotopic (exact) mass is 215 g/mol. The number of hydrogen-bond donors (Lipinski definition) is 0. The summed E-state index contributed by atoms with van der Waals surface area (Å²) >= 11 is 1.76. The Balaban J connectivity index is 2.15. The minimum absolute atomic E-state index is 1.14. The van der Waals surface area contributed by atoms with E-state index in [-0.39, 0.29) is 0 Å². The second-order valence-corrected chi connectivity index (χ2v) is 6.25. The fraction of sp³-hybridized carbons (Fsp3) is 1.00. The van der Waals surface area contributed by atoms with Gasteiger partial charge in [-0.15, -0.1) is 0 Å². The molecule has 47 valence electrons. The van der Waals surface area contributed by atoms with Crippen LogP contribution in [0.3, 0.4) is 0 Å². The van der Waals surface area contributed by atoms with Crippen molar-refractivity contribution in [3.8, 4) is 0 Å². The third-order valence-corrected chi connectivity index (χ3v) is 4.40. The Morgan fingerprint density at radius 2 is 1.89 bits per heavy atom. The fourth-order valence-electron chi connectivity index (χ4n) is 1.54. The summed E-state index contributed by atoms with van der Waals surface area (Å²) in [5.74, 6) is 1.14. The van der Waals surface area contributed by atoms with Crippen LogP contribution in [0.1, 0.15) is 32.1 Å². The average molecular weight is 216 g/mol. The van der Waals surface area contributed by atoms with Gasteiger partial charge in [0, 0.05) is 0 Å². The van der Waals surface area contributed by atoms with Gasteiger partial charge in [-0.3, -0.25) is 0 Å². The summed E-state index contributed by atoms with van der Waals surface area (Å²) in [6.45, 7) is 0. The van der Waals surface area contributed by atoms with E-state index in [1.807, 2.05) is 0 Å². The van der Waals surface area contributed by atoms with Crippen LogP contribution in [-0.4, -0.2) is 6.16 Å². The molecule has 0 aliphatic heterocycles. The minimum atomic E-state index is 1.14.